The summed E-state index contributed by atoms with van der Waals surface area (Å²) in [6, 6.07) is 9.43. The van der Waals surface area contributed by atoms with Crippen LogP contribution in [0.3, 0.4) is 0 Å². The first-order chi connectivity index (χ1) is 13.7. The smallest absolute Gasteiger partial charge is 0.395 e. The first-order valence-electron chi connectivity index (χ1n) is 8.05. The highest BCUT2D eigenvalue weighted by atomic mass is 35.5. The zero-order chi connectivity index (χ0) is 20.8. The average Bonchev–Trinajstić information content (AvgIpc) is 2.96. The largest absolute Gasteiger partial charge is 0.586 e. The summed E-state index contributed by atoms with van der Waals surface area (Å²) in [6.45, 7) is 0. The maximum atomic E-state index is 13.5. The molecule has 0 atom stereocenters. The molecule has 0 fully saturated rings. The normalized spacial score (nSPS) is 14.0. The topological polar surface area (TPSA) is 60.5 Å². The van der Waals surface area contributed by atoms with Crippen LogP contribution in [-0.4, -0.2) is 17.2 Å². The first-order valence-corrected chi connectivity index (χ1v) is 8.80. The van der Waals surface area contributed by atoms with Crippen molar-refractivity contribution in [3.63, 3.8) is 0 Å². The van der Waals surface area contributed by atoms with Crippen molar-refractivity contribution in [1.29, 1.82) is 0 Å². The number of nitrogens with one attached hydrogen (secondary N) is 1. The Morgan fingerprint density at radius 2 is 1.79 bits per heavy atom. The van der Waals surface area contributed by atoms with Crippen molar-refractivity contribution >= 4 is 34.9 Å². The molecule has 0 aliphatic carbocycles. The van der Waals surface area contributed by atoms with Gasteiger partial charge in [-0.05, 0) is 30.3 Å². The number of ether oxygens (including phenoxy) is 2. The molecule has 0 unspecified atom stereocenters. The van der Waals surface area contributed by atoms with Crippen LogP contribution in [0.1, 0.15) is 10.4 Å². The maximum Gasteiger partial charge on any atom is 0.586 e. The second kappa shape index (κ2) is 7.13. The van der Waals surface area contributed by atoms with Crippen molar-refractivity contribution in [2.45, 2.75) is 6.29 Å². The quantitative estimate of drug-likeness (QED) is 0.561. The number of aromatic nitrogens is 1. The van der Waals surface area contributed by atoms with Crippen molar-refractivity contribution in [1.82, 2.24) is 4.98 Å². The fourth-order valence-electron chi connectivity index (χ4n) is 2.68. The number of benzene rings is 2. The van der Waals surface area contributed by atoms with E-state index in [1.165, 1.54) is 36.5 Å². The lowest BCUT2D eigenvalue weighted by atomic mass is 10.1. The van der Waals surface area contributed by atoms with Crippen LogP contribution in [0.5, 0.6) is 11.5 Å². The van der Waals surface area contributed by atoms with Crippen LogP contribution >= 0.6 is 23.2 Å². The Hall–Kier alpha value is -2.97. The van der Waals surface area contributed by atoms with Crippen molar-refractivity contribution < 1.29 is 27.4 Å². The molecular formula is C19H9Cl2F3N2O3. The lowest BCUT2D eigenvalue weighted by molar-refractivity contribution is -0.286. The SMILES string of the molecule is O=C(Nc1ccc(-c2cc3c(cc2Cl)OC(F)(F)O3)cn1)c1cccc(F)c1Cl. The number of fused-ring (bicyclic) bond motifs is 1. The standard InChI is InChI=1S/C19H9Cl2F3N2O3/c20-12-7-15-14(28-19(23,24)29-15)6-11(12)9-4-5-16(25-8-9)26-18(27)10-2-1-3-13(22)17(10)21/h1-8H,(H,25,26,27). The number of carbonyl (C=O) groups is 1. The Morgan fingerprint density at radius 3 is 2.48 bits per heavy atom. The van der Waals surface area contributed by atoms with E-state index in [4.69, 9.17) is 23.2 Å². The molecule has 0 bridgehead atoms. The Bertz CT molecular complexity index is 1120. The van der Waals surface area contributed by atoms with E-state index < -0.39 is 18.0 Å². The van der Waals surface area contributed by atoms with Crippen molar-refractivity contribution in [2.24, 2.45) is 0 Å². The van der Waals surface area contributed by atoms with E-state index in [0.29, 0.717) is 11.1 Å². The molecule has 5 nitrogen and oxygen atoms in total. The van der Waals surface area contributed by atoms with E-state index in [0.717, 1.165) is 6.07 Å². The predicted molar refractivity (Wildman–Crippen MR) is 100 cm³/mol. The van der Waals surface area contributed by atoms with Gasteiger partial charge in [-0.25, -0.2) is 9.37 Å². The molecule has 0 spiro atoms. The Morgan fingerprint density at radius 1 is 1.07 bits per heavy atom. The van der Waals surface area contributed by atoms with Crippen LogP contribution in [0.25, 0.3) is 11.1 Å². The van der Waals surface area contributed by atoms with Gasteiger partial charge in [-0.3, -0.25) is 4.79 Å². The van der Waals surface area contributed by atoms with Crippen LogP contribution in [0, 0.1) is 5.82 Å². The van der Waals surface area contributed by atoms with Crippen molar-refractivity contribution in [3.8, 4) is 22.6 Å². The monoisotopic (exact) mass is 440 g/mol. The summed E-state index contributed by atoms with van der Waals surface area (Å²) in [5, 5.41) is 2.34. The molecule has 1 amide bonds. The fraction of sp³-hybridized carbons (Fsp3) is 0.0526. The summed E-state index contributed by atoms with van der Waals surface area (Å²) in [4.78, 5) is 16.3. The van der Waals surface area contributed by atoms with E-state index >= 15 is 0 Å². The first kappa shape index (κ1) is 19.4. The van der Waals surface area contributed by atoms with Crippen LogP contribution < -0.4 is 14.8 Å². The molecule has 0 saturated heterocycles. The van der Waals surface area contributed by atoms with Crippen LogP contribution in [0.2, 0.25) is 10.0 Å². The minimum atomic E-state index is -3.76. The maximum absolute atomic E-state index is 13.5. The molecule has 3 aromatic rings. The van der Waals surface area contributed by atoms with E-state index in [-0.39, 0.29) is 32.9 Å². The van der Waals surface area contributed by atoms with Gasteiger partial charge in [0.25, 0.3) is 5.91 Å². The number of hydrogen-bond acceptors (Lipinski definition) is 4. The number of alkyl halides is 2. The highest BCUT2D eigenvalue weighted by Gasteiger charge is 2.43. The third-order valence-corrected chi connectivity index (χ3v) is 4.70. The molecule has 29 heavy (non-hydrogen) atoms. The van der Waals surface area contributed by atoms with Crippen molar-refractivity contribution in [3.05, 3.63) is 70.1 Å². The molecule has 1 aromatic heterocycles. The molecule has 4 rings (SSSR count). The van der Waals surface area contributed by atoms with Gasteiger partial charge in [0.05, 0.1) is 15.6 Å². The Kier molecular flexibility index (Phi) is 4.76. The van der Waals surface area contributed by atoms with Gasteiger partial charge in [0.15, 0.2) is 11.5 Å². The molecule has 1 aliphatic heterocycles. The summed E-state index contributed by atoms with van der Waals surface area (Å²) in [5.41, 5.74) is 0.820. The fourth-order valence-corrected chi connectivity index (χ4v) is 3.16. The number of pyridine rings is 1. The summed E-state index contributed by atoms with van der Waals surface area (Å²) in [5.74, 6) is -1.52. The number of amides is 1. The predicted octanol–water partition coefficient (Wildman–Crippen LogP) is 5.77. The minimum absolute atomic E-state index is 0.0442. The third kappa shape index (κ3) is 3.81. The molecule has 2 aromatic carbocycles. The van der Waals surface area contributed by atoms with Gasteiger partial charge in [0.2, 0.25) is 0 Å². The zero-order valence-electron chi connectivity index (χ0n) is 14.2. The Balaban J connectivity index is 1.56. The number of anilines is 1. The van der Waals surface area contributed by atoms with Crippen LogP contribution in [0.4, 0.5) is 19.0 Å². The molecule has 1 aliphatic rings. The average molecular weight is 441 g/mol. The van der Waals surface area contributed by atoms with E-state index in [1.54, 1.807) is 6.07 Å². The zero-order valence-corrected chi connectivity index (χ0v) is 15.7. The second-order valence-corrected chi connectivity index (χ2v) is 6.72. The highest BCUT2D eigenvalue weighted by Crippen LogP contribution is 2.46. The number of rotatable bonds is 3. The third-order valence-electron chi connectivity index (χ3n) is 4.00. The lowest BCUT2D eigenvalue weighted by Gasteiger charge is -2.09. The van der Waals surface area contributed by atoms with Gasteiger partial charge in [0.1, 0.15) is 11.6 Å². The molecule has 0 radical (unpaired) electrons. The van der Waals surface area contributed by atoms with Crippen LogP contribution in [0.15, 0.2) is 48.7 Å². The number of hydrogen-bond donors (Lipinski definition) is 1. The Labute approximate surface area is 172 Å². The second-order valence-electron chi connectivity index (χ2n) is 5.93. The van der Waals surface area contributed by atoms with Gasteiger partial charge in [-0.15, -0.1) is 8.78 Å². The van der Waals surface area contributed by atoms with Crippen molar-refractivity contribution in [2.75, 3.05) is 5.32 Å². The number of halogens is 5. The van der Waals surface area contributed by atoms with E-state index in [9.17, 15) is 18.0 Å². The van der Waals surface area contributed by atoms with E-state index in [1.807, 2.05) is 0 Å². The van der Waals surface area contributed by atoms with Gasteiger partial charge in [0, 0.05) is 23.4 Å². The van der Waals surface area contributed by atoms with Gasteiger partial charge in [-0.1, -0.05) is 29.3 Å². The van der Waals surface area contributed by atoms with E-state index in [2.05, 4.69) is 19.8 Å². The van der Waals surface area contributed by atoms with Crippen LogP contribution in [-0.2, 0) is 0 Å². The molecule has 2 heterocycles. The molecule has 10 heteroatoms. The number of nitrogens with zero attached hydrogens (tertiary/aromatic N) is 1. The molecule has 1 N–H and O–H groups in total. The number of carbonyl (C=O) groups excluding carboxylic acids is 1. The highest BCUT2D eigenvalue weighted by molar-refractivity contribution is 6.34. The summed E-state index contributed by atoms with van der Waals surface area (Å²) in [6.07, 6.45) is -2.38. The summed E-state index contributed by atoms with van der Waals surface area (Å²) >= 11 is 11.9. The van der Waals surface area contributed by atoms with Gasteiger partial charge < -0.3 is 14.8 Å². The summed E-state index contributed by atoms with van der Waals surface area (Å²) < 4.78 is 48.7. The minimum Gasteiger partial charge on any atom is -0.395 e. The molecule has 148 valence electrons. The summed E-state index contributed by atoms with van der Waals surface area (Å²) in [7, 11) is 0. The lowest BCUT2D eigenvalue weighted by Crippen LogP contribution is -2.25. The molecule has 0 saturated carbocycles. The van der Waals surface area contributed by atoms with Gasteiger partial charge >= 0.3 is 6.29 Å². The van der Waals surface area contributed by atoms with Gasteiger partial charge in [-0.2, -0.15) is 0 Å². The molecular weight excluding hydrogens is 432 g/mol.